The highest BCUT2D eigenvalue weighted by Gasteiger charge is 2.06. The maximum Gasteiger partial charge on any atom is 0.131 e. The molecule has 0 bridgehead atoms. The van der Waals surface area contributed by atoms with E-state index in [1.807, 2.05) is 30.3 Å². The van der Waals surface area contributed by atoms with E-state index in [0.717, 1.165) is 9.13 Å². The van der Waals surface area contributed by atoms with Crippen LogP contribution in [-0.2, 0) is 0 Å². The van der Waals surface area contributed by atoms with Crippen LogP contribution in [0.15, 0.2) is 48.5 Å². The van der Waals surface area contributed by atoms with Crippen LogP contribution in [0.4, 0.5) is 4.39 Å². The molecular formula is C15H9FIN. The van der Waals surface area contributed by atoms with Gasteiger partial charge < -0.3 is 0 Å². The SMILES string of the molecule is N#C/C(=C/c1ccc(I)cc1)c1ccccc1F. The molecule has 2 aromatic rings. The second-order valence-corrected chi connectivity index (χ2v) is 4.95. The third kappa shape index (κ3) is 2.96. The highest BCUT2D eigenvalue weighted by Crippen LogP contribution is 2.20. The van der Waals surface area contributed by atoms with E-state index in [0.29, 0.717) is 11.1 Å². The van der Waals surface area contributed by atoms with Crippen molar-refractivity contribution in [3.8, 4) is 6.07 Å². The Morgan fingerprint density at radius 1 is 1.11 bits per heavy atom. The van der Waals surface area contributed by atoms with Gasteiger partial charge in [-0.1, -0.05) is 30.3 Å². The number of benzene rings is 2. The molecule has 0 N–H and O–H groups in total. The fourth-order valence-corrected chi connectivity index (χ4v) is 1.94. The standard InChI is InChI=1S/C15H9FIN/c16-15-4-2-1-3-14(15)12(10-18)9-11-5-7-13(17)8-6-11/h1-9H/b12-9-. The number of rotatable bonds is 2. The van der Waals surface area contributed by atoms with E-state index in [9.17, 15) is 4.39 Å². The van der Waals surface area contributed by atoms with Crippen LogP contribution in [0.3, 0.4) is 0 Å². The third-order valence-electron chi connectivity index (χ3n) is 2.47. The molecule has 18 heavy (non-hydrogen) atoms. The van der Waals surface area contributed by atoms with Crippen molar-refractivity contribution < 1.29 is 4.39 Å². The topological polar surface area (TPSA) is 23.8 Å². The Bertz CT molecular complexity index is 624. The van der Waals surface area contributed by atoms with Gasteiger partial charge in [-0.3, -0.25) is 0 Å². The molecule has 0 fully saturated rings. The fourth-order valence-electron chi connectivity index (χ4n) is 1.58. The average molecular weight is 349 g/mol. The summed E-state index contributed by atoms with van der Waals surface area (Å²) in [5, 5.41) is 9.13. The van der Waals surface area contributed by atoms with Gasteiger partial charge in [-0.05, 0) is 52.4 Å². The molecule has 2 aromatic carbocycles. The molecule has 88 valence electrons. The lowest BCUT2D eigenvalue weighted by molar-refractivity contribution is 0.624. The number of halogens is 2. The van der Waals surface area contributed by atoms with Crippen LogP contribution in [0.25, 0.3) is 11.6 Å². The molecule has 0 amide bonds. The average Bonchev–Trinajstić information content (AvgIpc) is 2.39. The largest absolute Gasteiger partial charge is 0.206 e. The summed E-state index contributed by atoms with van der Waals surface area (Å²) in [6, 6.07) is 16.0. The van der Waals surface area contributed by atoms with Gasteiger partial charge in [0.15, 0.2) is 0 Å². The Morgan fingerprint density at radius 2 is 1.78 bits per heavy atom. The van der Waals surface area contributed by atoms with Gasteiger partial charge in [-0.15, -0.1) is 0 Å². The van der Waals surface area contributed by atoms with Crippen molar-refractivity contribution in [3.05, 3.63) is 69.0 Å². The van der Waals surface area contributed by atoms with Crippen molar-refractivity contribution in [3.63, 3.8) is 0 Å². The van der Waals surface area contributed by atoms with Crippen LogP contribution in [0.5, 0.6) is 0 Å². The van der Waals surface area contributed by atoms with Gasteiger partial charge in [0.05, 0.1) is 11.6 Å². The molecule has 0 unspecified atom stereocenters. The van der Waals surface area contributed by atoms with Crippen LogP contribution in [0.1, 0.15) is 11.1 Å². The van der Waals surface area contributed by atoms with Gasteiger partial charge in [0.1, 0.15) is 5.82 Å². The number of hydrogen-bond acceptors (Lipinski definition) is 1. The van der Waals surface area contributed by atoms with Gasteiger partial charge in [0.2, 0.25) is 0 Å². The zero-order chi connectivity index (χ0) is 13.0. The smallest absolute Gasteiger partial charge is 0.131 e. The number of allylic oxidation sites excluding steroid dienone is 1. The third-order valence-corrected chi connectivity index (χ3v) is 3.18. The van der Waals surface area contributed by atoms with Crippen LogP contribution in [0, 0.1) is 20.7 Å². The van der Waals surface area contributed by atoms with E-state index in [4.69, 9.17) is 5.26 Å². The van der Waals surface area contributed by atoms with E-state index in [-0.39, 0.29) is 5.82 Å². The van der Waals surface area contributed by atoms with E-state index in [2.05, 4.69) is 22.6 Å². The molecule has 0 aliphatic heterocycles. The first kappa shape index (κ1) is 12.8. The van der Waals surface area contributed by atoms with E-state index in [1.54, 1.807) is 24.3 Å². The van der Waals surface area contributed by atoms with Gasteiger partial charge in [0.25, 0.3) is 0 Å². The predicted molar refractivity (Wildman–Crippen MR) is 79.0 cm³/mol. The van der Waals surface area contributed by atoms with Crippen LogP contribution in [0.2, 0.25) is 0 Å². The van der Waals surface area contributed by atoms with Gasteiger partial charge >= 0.3 is 0 Å². The van der Waals surface area contributed by atoms with E-state index in [1.165, 1.54) is 6.07 Å². The summed E-state index contributed by atoms with van der Waals surface area (Å²) in [7, 11) is 0. The van der Waals surface area contributed by atoms with Crippen molar-refractivity contribution >= 4 is 34.2 Å². The van der Waals surface area contributed by atoms with Crippen LogP contribution >= 0.6 is 22.6 Å². The molecule has 2 rings (SSSR count). The first-order valence-corrected chi connectivity index (χ1v) is 6.41. The van der Waals surface area contributed by atoms with Crippen LogP contribution in [-0.4, -0.2) is 0 Å². The molecule has 0 saturated carbocycles. The van der Waals surface area contributed by atoms with Gasteiger partial charge in [-0.25, -0.2) is 4.39 Å². The highest BCUT2D eigenvalue weighted by molar-refractivity contribution is 14.1. The zero-order valence-corrected chi connectivity index (χ0v) is 11.6. The lowest BCUT2D eigenvalue weighted by Gasteiger charge is -2.01. The molecule has 0 aromatic heterocycles. The summed E-state index contributed by atoms with van der Waals surface area (Å²) < 4.78 is 14.7. The Labute approximate surface area is 119 Å². The molecular weight excluding hydrogens is 340 g/mol. The fraction of sp³-hybridized carbons (Fsp3) is 0. The quantitative estimate of drug-likeness (QED) is 0.445. The molecule has 0 spiro atoms. The molecule has 0 radical (unpaired) electrons. The monoisotopic (exact) mass is 349 g/mol. The first-order chi connectivity index (χ1) is 8.70. The predicted octanol–water partition coefficient (Wildman–Crippen LogP) is 4.49. The van der Waals surface area contributed by atoms with Crippen molar-refractivity contribution in [2.45, 2.75) is 0 Å². The summed E-state index contributed by atoms with van der Waals surface area (Å²) in [6.07, 6.45) is 1.69. The second-order valence-electron chi connectivity index (χ2n) is 3.70. The zero-order valence-electron chi connectivity index (χ0n) is 9.40. The first-order valence-electron chi connectivity index (χ1n) is 5.33. The minimum atomic E-state index is -0.379. The molecule has 0 saturated heterocycles. The molecule has 0 atom stereocenters. The number of nitriles is 1. The maximum absolute atomic E-state index is 13.6. The lowest BCUT2D eigenvalue weighted by Crippen LogP contribution is -1.87. The van der Waals surface area contributed by atoms with Crippen molar-refractivity contribution in [1.29, 1.82) is 5.26 Å². The van der Waals surface area contributed by atoms with Crippen LogP contribution < -0.4 is 0 Å². The normalized spacial score (nSPS) is 11.1. The summed E-state index contributed by atoms with van der Waals surface area (Å²) in [4.78, 5) is 0. The van der Waals surface area contributed by atoms with E-state index < -0.39 is 0 Å². The minimum Gasteiger partial charge on any atom is -0.206 e. The highest BCUT2D eigenvalue weighted by atomic mass is 127. The Morgan fingerprint density at radius 3 is 2.39 bits per heavy atom. The Kier molecular flexibility index (Phi) is 4.11. The minimum absolute atomic E-state index is 0.328. The summed E-state index contributed by atoms with van der Waals surface area (Å²) >= 11 is 2.21. The second kappa shape index (κ2) is 5.78. The van der Waals surface area contributed by atoms with Crippen molar-refractivity contribution in [1.82, 2.24) is 0 Å². The number of nitrogens with zero attached hydrogens (tertiary/aromatic N) is 1. The van der Waals surface area contributed by atoms with Crippen molar-refractivity contribution in [2.24, 2.45) is 0 Å². The molecule has 0 heterocycles. The summed E-state index contributed by atoms with van der Waals surface area (Å²) in [5.74, 6) is -0.379. The summed E-state index contributed by atoms with van der Waals surface area (Å²) in [6.45, 7) is 0. The van der Waals surface area contributed by atoms with Gasteiger partial charge in [-0.2, -0.15) is 5.26 Å². The summed E-state index contributed by atoms with van der Waals surface area (Å²) in [5.41, 5.74) is 1.54. The molecule has 1 nitrogen and oxygen atoms in total. The maximum atomic E-state index is 13.6. The van der Waals surface area contributed by atoms with Gasteiger partial charge in [0, 0.05) is 9.13 Å². The molecule has 3 heteroatoms. The molecule has 0 aliphatic carbocycles. The number of hydrogen-bond donors (Lipinski definition) is 0. The molecule has 0 aliphatic rings. The Hall–Kier alpha value is -1.67. The van der Waals surface area contributed by atoms with Crippen molar-refractivity contribution in [2.75, 3.05) is 0 Å². The Balaban J connectivity index is 2.44. The lowest BCUT2D eigenvalue weighted by atomic mass is 10.0. The van der Waals surface area contributed by atoms with E-state index >= 15 is 0 Å².